The molecule has 1 heterocycles. The summed E-state index contributed by atoms with van der Waals surface area (Å²) in [5.74, 6) is -3.02. The molecule has 0 radical (unpaired) electrons. The fourth-order valence-corrected chi connectivity index (χ4v) is 4.06. The third-order valence-electron chi connectivity index (χ3n) is 5.94. The van der Waals surface area contributed by atoms with Gasteiger partial charge in [0.05, 0.1) is 18.2 Å². The summed E-state index contributed by atoms with van der Waals surface area (Å²) in [7, 11) is 1.29. The minimum Gasteiger partial charge on any atom is -0.507 e. The normalized spacial score (nSPS) is 20.7. The van der Waals surface area contributed by atoms with Crippen molar-refractivity contribution >= 4 is 23.3 Å². The van der Waals surface area contributed by atoms with Crippen molar-refractivity contribution in [2.24, 2.45) is 0 Å². The van der Waals surface area contributed by atoms with Crippen LogP contribution < -0.4 is 10.1 Å². The van der Waals surface area contributed by atoms with Gasteiger partial charge in [-0.25, -0.2) is 0 Å². The summed E-state index contributed by atoms with van der Waals surface area (Å²) < 4.78 is 10.3. The molecule has 0 bridgehead atoms. The molecule has 170 valence electrons. The summed E-state index contributed by atoms with van der Waals surface area (Å²) in [5, 5.41) is 24.1. The Morgan fingerprint density at radius 2 is 1.84 bits per heavy atom. The lowest BCUT2D eigenvalue weighted by molar-refractivity contribution is -0.140. The third-order valence-corrected chi connectivity index (χ3v) is 5.94. The van der Waals surface area contributed by atoms with Crippen LogP contribution in [-0.4, -0.2) is 47.2 Å². The second-order valence-electron chi connectivity index (χ2n) is 7.99. The number of rotatable bonds is 6. The summed E-state index contributed by atoms with van der Waals surface area (Å²) in [6.45, 7) is 6.06. The van der Waals surface area contributed by atoms with Crippen molar-refractivity contribution < 1.29 is 38.9 Å². The number of methoxy groups -OCH3 is 1. The molecule has 0 spiro atoms. The van der Waals surface area contributed by atoms with Gasteiger partial charge in [-0.05, 0) is 34.1 Å². The van der Waals surface area contributed by atoms with E-state index in [2.05, 4.69) is 10.1 Å². The molecule has 1 aliphatic carbocycles. The number of phenolic OH excluding ortho intramolecular Hbond substituents is 2. The van der Waals surface area contributed by atoms with E-state index in [4.69, 9.17) is 4.74 Å². The molecule has 3 N–H and O–H groups in total. The predicted molar refractivity (Wildman–Crippen MR) is 113 cm³/mol. The predicted octanol–water partition coefficient (Wildman–Crippen LogP) is 2.11. The van der Waals surface area contributed by atoms with E-state index < -0.39 is 28.5 Å². The zero-order valence-corrected chi connectivity index (χ0v) is 18.5. The van der Waals surface area contributed by atoms with Crippen LogP contribution in [0.15, 0.2) is 23.1 Å². The summed E-state index contributed by atoms with van der Waals surface area (Å²) >= 11 is 0. The largest absolute Gasteiger partial charge is 0.507 e. The first kappa shape index (κ1) is 23.1. The number of carbonyl (C=O) groups is 4. The van der Waals surface area contributed by atoms with Crippen LogP contribution in [0.5, 0.6) is 17.2 Å². The first-order valence-corrected chi connectivity index (χ1v) is 10.1. The fourth-order valence-electron chi connectivity index (χ4n) is 4.06. The van der Waals surface area contributed by atoms with E-state index in [0.717, 1.165) is 6.08 Å². The first-order chi connectivity index (χ1) is 15.0. The molecule has 1 aromatic carbocycles. The third kappa shape index (κ3) is 3.34. The Labute approximate surface area is 184 Å². The van der Waals surface area contributed by atoms with Gasteiger partial charge in [0.2, 0.25) is 0 Å². The van der Waals surface area contributed by atoms with Crippen LogP contribution in [0.4, 0.5) is 0 Å². The van der Waals surface area contributed by atoms with E-state index >= 15 is 0 Å². The minimum atomic E-state index is -1.56. The number of allylic oxidation sites excluding steroid dienone is 4. The first-order valence-electron chi connectivity index (χ1n) is 10.1. The molecule has 0 saturated heterocycles. The van der Waals surface area contributed by atoms with E-state index in [1.807, 2.05) is 0 Å². The van der Waals surface area contributed by atoms with Gasteiger partial charge in [0.1, 0.15) is 34.0 Å². The Morgan fingerprint density at radius 3 is 2.44 bits per heavy atom. The zero-order valence-electron chi connectivity index (χ0n) is 18.5. The maximum Gasteiger partial charge on any atom is 0.305 e. The van der Waals surface area contributed by atoms with Crippen LogP contribution in [0.3, 0.4) is 0 Å². The number of benzene rings is 1. The zero-order chi connectivity index (χ0) is 24.0. The second kappa shape index (κ2) is 8.14. The van der Waals surface area contributed by atoms with E-state index in [9.17, 15) is 29.4 Å². The molecule has 9 nitrogen and oxygen atoms in total. The number of Topliss-reactive ketones (excluding diaryl/α,β-unsaturated/α-hetero) is 2. The number of fused-ring (bicyclic) bond motifs is 3. The monoisotopic (exact) mass is 443 g/mol. The maximum atomic E-state index is 13.6. The Balaban J connectivity index is 2.07. The van der Waals surface area contributed by atoms with Crippen molar-refractivity contribution in [3.63, 3.8) is 0 Å². The SMILES string of the molecule is COC(=O)CCCNC(C)=C1C(=O)C=C2Oc3c(C(C)=O)c(O)c(C)c(O)c3C2(C)C1=O. The Morgan fingerprint density at radius 1 is 1.19 bits per heavy atom. The topological polar surface area (TPSA) is 139 Å². The number of hydrogen-bond donors (Lipinski definition) is 3. The highest BCUT2D eigenvalue weighted by Gasteiger charge is 2.56. The van der Waals surface area contributed by atoms with Crippen molar-refractivity contribution in [1.29, 1.82) is 0 Å². The van der Waals surface area contributed by atoms with Gasteiger partial charge in [-0.15, -0.1) is 0 Å². The van der Waals surface area contributed by atoms with E-state index in [-0.39, 0.29) is 51.9 Å². The van der Waals surface area contributed by atoms with Crippen LogP contribution in [-0.2, 0) is 24.5 Å². The highest BCUT2D eigenvalue weighted by atomic mass is 16.5. The van der Waals surface area contributed by atoms with Crippen LogP contribution in [0.25, 0.3) is 0 Å². The number of nitrogens with one attached hydrogen (secondary N) is 1. The smallest absolute Gasteiger partial charge is 0.305 e. The summed E-state index contributed by atoms with van der Waals surface area (Å²) in [4.78, 5) is 49.8. The summed E-state index contributed by atoms with van der Waals surface area (Å²) in [6, 6.07) is 0. The number of hydrogen-bond acceptors (Lipinski definition) is 9. The number of phenols is 2. The maximum absolute atomic E-state index is 13.6. The number of ketones is 3. The molecule has 0 amide bonds. The lowest BCUT2D eigenvalue weighted by Crippen LogP contribution is -2.41. The van der Waals surface area contributed by atoms with Gasteiger partial charge in [-0.2, -0.15) is 0 Å². The molecule has 0 fully saturated rings. The van der Waals surface area contributed by atoms with E-state index in [0.29, 0.717) is 18.7 Å². The quantitative estimate of drug-likeness (QED) is 0.198. The van der Waals surface area contributed by atoms with Crippen molar-refractivity contribution in [2.45, 2.75) is 46.0 Å². The number of esters is 1. The van der Waals surface area contributed by atoms with E-state index in [1.54, 1.807) is 6.92 Å². The lowest BCUT2D eigenvalue weighted by atomic mass is 9.70. The van der Waals surface area contributed by atoms with Crippen molar-refractivity contribution in [2.75, 3.05) is 13.7 Å². The van der Waals surface area contributed by atoms with Crippen LogP contribution in [0, 0.1) is 6.92 Å². The average molecular weight is 443 g/mol. The van der Waals surface area contributed by atoms with Crippen LogP contribution in [0.1, 0.15) is 55.1 Å². The molecule has 2 aliphatic rings. The molecular formula is C23H25NO8. The summed E-state index contributed by atoms with van der Waals surface area (Å²) in [6.07, 6.45) is 1.78. The number of aromatic hydroxyl groups is 2. The number of ether oxygens (including phenoxy) is 2. The average Bonchev–Trinajstić information content (AvgIpc) is 3.02. The van der Waals surface area contributed by atoms with Gasteiger partial charge in [0.25, 0.3) is 0 Å². The van der Waals surface area contributed by atoms with E-state index in [1.165, 1.54) is 27.9 Å². The minimum absolute atomic E-state index is 0.0208. The lowest BCUT2D eigenvalue weighted by Gasteiger charge is -2.29. The molecule has 9 heteroatoms. The standard InChI is InChI=1S/C23H25NO8/c1-10-19(28)17(12(3)25)21-18(20(10)29)23(4)14(32-21)9-13(26)16(22(23)30)11(2)24-8-6-7-15(27)31-5/h9,24,28-29H,6-8H2,1-5H3. The van der Waals surface area contributed by atoms with Gasteiger partial charge in [-0.3, -0.25) is 19.2 Å². The molecule has 1 aromatic rings. The van der Waals surface area contributed by atoms with Gasteiger partial charge < -0.3 is 25.0 Å². The van der Waals surface area contributed by atoms with Gasteiger partial charge in [0.15, 0.2) is 17.3 Å². The molecule has 0 saturated carbocycles. The summed E-state index contributed by atoms with van der Waals surface area (Å²) in [5.41, 5.74) is -1.43. The van der Waals surface area contributed by atoms with Crippen LogP contribution >= 0.6 is 0 Å². The van der Waals surface area contributed by atoms with Gasteiger partial charge >= 0.3 is 5.97 Å². The Bertz CT molecular complexity index is 1130. The highest BCUT2D eigenvalue weighted by Crippen LogP contribution is 2.57. The Kier molecular flexibility index (Phi) is 5.86. The number of carbonyl (C=O) groups excluding carboxylic acids is 4. The molecule has 1 atom stereocenters. The highest BCUT2D eigenvalue weighted by molar-refractivity contribution is 6.31. The van der Waals surface area contributed by atoms with Crippen molar-refractivity contribution in [3.8, 4) is 17.2 Å². The Hall–Kier alpha value is -3.62. The molecule has 1 unspecified atom stereocenters. The van der Waals surface area contributed by atoms with Gasteiger partial charge in [0, 0.05) is 30.3 Å². The molecule has 32 heavy (non-hydrogen) atoms. The van der Waals surface area contributed by atoms with Gasteiger partial charge in [-0.1, -0.05) is 0 Å². The molecule has 0 aromatic heterocycles. The van der Waals surface area contributed by atoms with Crippen molar-refractivity contribution in [3.05, 3.63) is 39.8 Å². The second-order valence-corrected chi connectivity index (χ2v) is 7.99. The molecule has 1 aliphatic heterocycles. The van der Waals surface area contributed by atoms with Crippen molar-refractivity contribution in [1.82, 2.24) is 5.32 Å². The fraction of sp³-hybridized carbons (Fsp3) is 0.391. The molecular weight excluding hydrogens is 418 g/mol. The molecule has 3 rings (SSSR count). The van der Waals surface area contributed by atoms with Crippen LogP contribution in [0.2, 0.25) is 0 Å².